The van der Waals surface area contributed by atoms with E-state index in [0.29, 0.717) is 0 Å². The van der Waals surface area contributed by atoms with Gasteiger partial charge in [0.15, 0.2) is 0 Å². The van der Waals surface area contributed by atoms with Crippen molar-refractivity contribution in [3.63, 3.8) is 0 Å². The second kappa shape index (κ2) is 3.31. The van der Waals surface area contributed by atoms with Gasteiger partial charge in [0.1, 0.15) is 12.7 Å². The SMILES string of the molecule is ClC1(n2cncn2)N=CNc2ccccc21. The third-order valence-corrected chi connectivity index (χ3v) is 2.92. The van der Waals surface area contributed by atoms with Gasteiger partial charge in [0.25, 0.3) is 5.12 Å². The molecule has 1 aliphatic heterocycles. The largest absolute Gasteiger partial charge is 0.346 e. The minimum absolute atomic E-state index is 0.852. The van der Waals surface area contributed by atoms with E-state index in [1.165, 1.54) is 11.0 Å². The fourth-order valence-electron chi connectivity index (χ4n) is 1.69. The molecule has 6 heteroatoms. The molecule has 0 saturated heterocycles. The number of rotatable bonds is 1. The topological polar surface area (TPSA) is 55.1 Å². The number of fused-ring (bicyclic) bond motifs is 1. The van der Waals surface area contributed by atoms with Gasteiger partial charge >= 0.3 is 0 Å². The van der Waals surface area contributed by atoms with E-state index in [1.54, 1.807) is 12.7 Å². The summed E-state index contributed by atoms with van der Waals surface area (Å²) in [5.41, 5.74) is 1.77. The predicted octanol–water partition coefficient (Wildman–Crippen LogP) is 1.63. The van der Waals surface area contributed by atoms with Gasteiger partial charge in [0.05, 0.1) is 6.34 Å². The summed E-state index contributed by atoms with van der Waals surface area (Å²) >= 11 is 6.49. The molecule has 0 fully saturated rings. The van der Waals surface area contributed by atoms with Crippen LogP contribution in [0.2, 0.25) is 0 Å². The number of nitrogens with one attached hydrogen (secondary N) is 1. The summed E-state index contributed by atoms with van der Waals surface area (Å²) in [6, 6.07) is 7.70. The van der Waals surface area contributed by atoms with Crippen LogP contribution in [0.4, 0.5) is 5.69 Å². The number of halogens is 1. The third kappa shape index (κ3) is 1.22. The van der Waals surface area contributed by atoms with Crippen LogP contribution in [0, 0.1) is 0 Å². The molecule has 3 rings (SSSR count). The molecular weight excluding hydrogens is 226 g/mol. The van der Waals surface area contributed by atoms with Crippen LogP contribution in [-0.4, -0.2) is 21.1 Å². The Hall–Kier alpha value is -1.88. The van der Waals surface area contributed by atoms with E-state index >= 15 is 0 Å². The number of alkyl halides is 1. The highest BCUT2D eigenvalue weighted by Crippen LogP contribution is 2.38. The molecule has 1 atom stereocenters. The molecule has 0 amide bonds. The summed E-state index contributed by atoms with van der Waals surface area (Å²) in [6.45, 7) is 0. The van der Waals surface area contributed by atoms with Gasteiger partial charge in [0, 0.05) is 11.3 Å². The zero-order valence-corrected chi connectivity index (χ0v) is 8.96. The number of hydrogen-bond acceptors (Lipinski definition) is 4. The van der Waals surface area contributed by atoms with E-state index in [4.69, 9.17) is 11.6 Å². The van der Waals surface area contributed by atoms with Crippen molar-refractivity contribution in [2.24, 2.45) is 4.99 Å². The Balaban J connectivity index is 2.21. The summed E-state index contributed by atoms with van der Waals surface area (Å²) in [6.07, 6.45) is 4.55. The van der Waals surface area contributed by atoms with Gasteiger partial charge in [-0.05, 0) is 6.07 Å². The fourth-order valence-corrected chi connectivity index (χ4v) is 1.99. The Morgan fingerprint density at radius 2 is 2.19 bits per heavy atom. The van der Waals surface area contributed by atoms with Crippen molar-refractivity contribution in [3.8, 4) is 0 Å². The second-order valence-electron chi connectivity index (χ2n) is 3.38. The highest BCUT2D eigenvalue weighted by Gasteiger charge is 2.35. The normalized spacial score (nSPS) is 22.6. The van der Waals surface area contributed by atoms with E-state index < -0.39 is 5.12 Å². The van der Waals surface area contributed by atoms with Crippen molar-refractivity contribution in [2.75, 3.05) is 5.32 Å². The minimum Gasteiger partial charge on any atom is -0.346 e. The van der Waals surface area contributed by atoms with Crippen LogP contribution in [-0.2, 0) is 5.12 Å². The molecule has 0 bridgehead atoms. The first-order valence-corrected chi connectivity index (χ1v) is 5.12. The Kier molecular flexibility index (Phi) is 1.94. The summed E-state index contributed by atoms with van der Waals surface area (Å²) < 4.78 is 1.52. The Bertz CT molecular complexity index is 536. The third-order valence-electron chi connectivity index (χ3n) is 2.45. The molecule has 5 nitrogen and oxygen atoms in total. The Morgan fingerprint density at radius 1 is 1.31 bits per heavy atom. The van der Waals surface area contributed by atoms with E-state index in [2.05, 4.69) is 20.4 Å². The number of nitrogens with zero attached hydrogens (tertiary/aromatic N) is 4. The van der Waals surface area contributed by atoms with Crippen molar-refractivity contribution in [1.82, 2.24) is 14.8 Å². The fraction of sp³-hybridized carbons (Fsp3) is 0.100. The summed E-state index contributed by atoms with van der Waals surface area (Å²) in [5.74, 6) is 0. The van der Waals surface area contributed by atoms with Crippen LogP contribution in [0.25, 0.3) is 0 Å². The molecule has 0 saturated carbocycles. The highest BCUT2D eigenvalue weighted by atomic mass is 35.5. The van der Waals surface area contributed by atoms with Crippen molar-refractivity contribution in [3.05, 3.63) is 42.5 Å². The Labute approximate surface area is 96.8 Å². The molecule has 0 spiro atoms. The molecule has 80 valence electrons. The molecule has 16 heavy (non-hydrogen) atoms. The lowest BCUT2D eigenvalue weighted by Gasteiger charge is -2.28. The average molecular weight is 234 g/mol. The molecule has 1 N–H and O–H groups in total. The van der Waals surface area contributed by atoms with Crippen molar-refractivity contribution >= 4 is 23.6 Å². The summed E-state index contributed by atoms with van der Waals surface area (Å²) in [5, 5.41) is 6.04. The molecule has 0 aliphatic carbocycles. The molecule has 1 aromatic carbocycles. The Morgan fingerprint density at radius 3 is 3.00 bits per heavy atom. The maximum Gasteiger partial charge on any atom is 0.258 e. The van der Waals surface area contributed by atoms with Gasteiger partial charge in [-0.25, -0.2) is 14.7 Å². The van der Waals surface area contributed by atoms with E-state index in [1.807, 2.05) is 24.3 Å². The van der Waals surface area contributed by atoms with Crippen molar-refractivity contribution < 1.29 is 0 Å². The van der Waals surface area contributed by atoms with Gasteiger partial charge in [-0.1, -0.05) is 29.8 Å². The lowest BCUT2D eigenvalue weighted by Crippen LogP contribution is -2.31. The van der Waals surface area contributed by atoms with E-state index in [0.717, 1.165) is 11.3 Å². The van der Waals surface area contributed by atoms with Gasteiger partial charge < -0.3 is 5.32 Å². The highest BCUT2D eigenvalue weighted by molar-refractivity contribution is 6.25. The zero-order valence-electron chi connectivity index (χ0n) is 8.21. The number of anilines is 1. The lowest BCUT2D eigenvalue weighted by molar-refractivity contribution is 0.478. The second-order valence-corrected chi connectivity index (χ2v) is 3.90. The number of para-hydroxylation sites is 1. The van der Waals surface area contributed by atoms with Gasteiger partial charge in [0.2, 0.25) is 0 Å². The first-order valence-electron chi connectivity index (χ1n) is 4.74. The molecule has 1 unspecified atom stereocenters. The van der Waals surface area contributed by atoms with E-state index in [9.17, 15) is 0 Å². The van der Waals surface area contributed by atoms with E-state index in [-0.39, 0.29) is 0 Å². The number of aliphatic imine (C=N–C) groups is 1. The minimum atomic E-state index is -1.04. The van der Waals surface area contributed by atoms with Crippen LogP contribution in [0.3, 0.4) is 0 Å². The standard InChI is InChI=1S/C10H8ClN5/c11-10(16-7-12-5-15-16)8-3-1-2-4-9(8)13-6-14-10/h1-7H,(H,13,14). The zero-order chi connectivity index (χ0) is 11.0. The number of benzene rings is 1. The molecule has 1 aliphatic rings. The quantitative estimate of drug-likeness (QED) is 0.602. The summed E-state index contributed by atoms with van der Waals surface area (Å²) in [7, 11) is 0. The maximum absolute atomic E-state index is 6.49. The van der Waals surface area contributed by atoms with Gasteiger partial charge in [-0.15, -0.1) is 0 Å². The number of hydrogen-bond donors (Lipinski definition) is 1. The predicted molar refractivity (Wildman–Crippen MR) is 61.5 cm³/mol. The lowest BCUT2D eigenvalue weighted by atomic mass is 10.1. The smallest absolute Gasteiger partial charge is 0.258 e. The van der Waals surface area contributed by atoms with Crippen molar-refractivity contribution in [2.45, 2.75) is 5.12 Å². The molecular formula is C10H8ClN5. The molecule has 0 radical (unpaired) electrons. The van der Waals surface area contributed by atoms with Crippen LogP contribution in [0.5, 0.6) is 0 Å². The molecule has 2 aromatic rings. The summed E-state index contributed by atoms with van der Waals surface area (Å²) in [4.78, 5) is 8.12. The average Bonchev–Trinajstić information content (AvgIpc) is 2.84. The molecule has 1 aromatic heterocycles. The molecule has 2 heterocycles. The van der Waals surface area contributed by atoms with Crippen LogP contribution in [0.1, 0.15) is 5.56 Å². The van der Waals surface area contributed by atoms with Gasteiger partial charge in [-0.2, -0.15) is 5.10 Å². The monoisotopic (exact) mass is 233 g/mol. The van der Waals surface area contributed by atoms with Crippen molar-refractivity contribution in [1.29, 1.82) is 0 Å². The van der Waals surface area contributed by atoms with Crippen LogP contribution >= 0.6 is 11.6 Å². The number of aromatic nitrogens is 3. The first-order chi connectivity index (χ1) is 7.81. The maximum atomic E-state index is 6.49. The first kappa shape index (κ1) is 9.35. The van der Waals surface area contributed by atoms with Crippen LogP contribution < -0.4 is 5.32 Å². The van der Waals surface area contributed by atoms with Crippen LogP contribution in [0.15, 0.2) is 41.9 Å². The van der Waals surface area contributed by atoms with Gasteiger partial charge in [-0.3, -0.25) is 0 Å².